The predicted molar refractivity (Wildman–Crippen MR) is 84.3 cm³/mol. The molecule has 0 aliphatic rings. The van der Waals surface area contributed by atoms with Gasteiger partial charge in [0.05, 0.1) is 11.3 Å². The highest BCUT2D eigenvalue weighted by Gasteiger charge is 2.06. The third-order valence-corrected chi connectivity index (χ3v) is 3.70. The Hall–Kier alpha value is -1.81. The Morgan fingerprint density at radius 3 is 2.65 bits per heavy atom. The monoisotopic (exact) mass is 333 g/mol. The van der Waals surface area contributed by atoms with Crippen LogP contribution in [0, 0.1) is 13.8 Å². The molecule has 104 valence electrons. The standard InChI is InChI=1S/C16H16BrNO2/c1-10-6-11(2)15(14(17)7-10)18-9-12-4-3-5-13(8-12)16(19)20/h3-8,18H,9H2,1-2H3,(H,19,20). The molecule has 0 spiro atoms. The van der Waals surface area contributed by atoms with Crippen molar-refractivity contribution in [1.29, 1.82) is 0 Å². The van der Waals surface area contributed by atoms with Crippen molar-refractivity contribution in [3.8, 4) is 0 Å². The number of halogens is 1. The van der Waals surface area contributed by atoms with Gasteiger partial charge in [0.25, 0.3) is 0 Å². The third-order valence-electron chi connectivity index (χ3n) is 3.07. The molecule has 2 aromatic carbocycles. The summed E-state index contributed by atoms with van der Waals surface area (Å²) in [7, 11) is 0. The molecule has 0 aliphatic carbocycles. The highest BCUT2D eigenvalue weighted by atomic mass is 79.9. The molecule has 0 aromatic heterocycles. The highest BCUT2D eigenvalue weighted by molar-refractivity contribution is 9.10. The average Bonchev–Trinajstić information content (AvgIpc) is 2.37. The molecule has 0 atom stereocenters. The SMILES string of the molecule is Cc1cc(C)c(NCc2cccc(C(=O)O)c2)c(Br)c1. The van der Waals surface area contributed by atoms with Gasteiger partial charge in [0.2, 0.25) is 0 Å². The van der Waals surface area contributed by atoms with Gasteiger partial charge in [-0.2, -0.15) is 0 Å². The lowest BCUT2D eigenvalue weighted by Gasteiger charge is -2.13. The first-order valence-electron chi connectivity index (χ1n) is 6.30. The van der Waals surface area contributed by atoms with Crippen molar-refractivity contribution in [1.82, 2.24) is 0 Å². The number of rotatable bonds is 4. The molecule has 4 heteroatoms. The summed E-state index contributed by atoms with van der Waals surface area (Å²) in [5.41, 5.74) is 4.65. The van der Waals surface area contributed by atoms with Gasteiger partial charge in [0.15, 0.2) is 0 Å². The molecule has 0 fully saturated rings. The molecule has 0 bridgehead atoms. The average molecular weight is 334 g/mol. The number of benzene rings is 2. The minimum atomic E-state index is -0.903. The Morgan fingerprint density at radius 2 is 2.00 bits per heavy atom. The van der Waals surface area contributed by atoms with Crippen molar-refractivity contribution >= 4 is 27.6 Å². The Morgan fingerprint density at radius 1 is 1.25 bits per heavy atom. The van der Waals surface area contributed by atoms with E-state index in [1.807, 2.05) is 13.0 Å². The van der Waals surface area contributed by atoms with Crippen molar-refractivity contribution in [2.75, 3.05) is 5.32 Å². The molecule has 0 heterocycles. The second-order valence-corrected chi connectivity index (χ2v) is 5.65. The van der Waals surface area contributed by atoms with Gasteiger partial charge in [-0.3, -0.25) is 0 Å². The number of carboxylic acids is 1. The minimum absolute atomic E-state index is 0.309. The molecule has 0 saturated carbocycles. The summed E-state index contributed by atoms with van der Waals surface area (Å²) in [4.78, 5) is 10.9. The first kappa shape index (κ1) is 14.6. The lowest BCUT2D eigenvalue weighted by Crippen LogP contribution is -2.04. The normalized spacial score (nSPS) is 10.3. The summed E-state index contributed by atoms with van der Waals surface area (Å²) < 4.78 is 1.02. The predicted octanol–water partition coefficient (Wildman–Crippen LogP) is 4.38. The van der Waals surface area contributed by atoms with Crippen LogP contribution in [0.3, 0.4) is 0 Å². The zero-order valence-corrected chi connectivity index (χ0v) is 13.0. The fourth-order valence-electron chi connectivity index (χ4n) is 2.14. The summed E-state index contributed by atoms with van der Waals surface area (Å²) in [5.74, 6) is -0.903. The molecule has 20 heavy (non-hydrogen) atoms. The van der Waals surface area contributed by atoms with Crippen molar-refractivity contribution in [3.05, 3.63) is 63.1 Å². The number of hydrogen-bond donors (Lipinski definition) is 2. The van der Waals surface area contributed by atoms with E-state index in [1.165, 1.54) is 5.56 Å². The molecule has 0 aliphatic heterocycles. The Kier molecular flexibility index (Phi) is 4.45. The van der Waals surface area contributed by atoms with Gasteiger partial charge >= 0.3 is 5.97 Å². The summed E-state index contributed by atoms with van der Waals surface area (Å²) in [6.45, 7) is 4.69. The van der Waals surface area contributed by atoms with Gasteiger partial charge in [0.1, 0.15) is 0 Å². The number of nitrogens with one attached hydrogen (secondary N) is 1. The summed E-state index contributed by atoms with van der Waals surface area (Å²) in [6, 6.07) is 11.1. The second kappa shape index (κ2) is 6.09. The van der Waals surface area contributed by atoms with E-state index in [4.69, 9.17) is 5.11 Å². The number of aryl methyl sites for hydroxylation is 2. The fourth-order valence-corrected chi connectivity index (χ4v) is 2.96. The van der Waals surface area contributed by atoms with Gasteiger partial charge in [-0.05, 0) is 64.7 Å². The van der Waals surface area contributed by atoms with E-state index in [2.05, 4.69) is 40.3 Å². The van der Waals surface area contributed by atoms with E-state index in [9.17, 15) is 4.79 Å². The van der Waals surface area contributed by atoms with Crippen molar-refractivity contribution < 1.29 is 9.90 Å². The van der Waals surface area contributed by atoms with E-state index >= 15 is 0 Å². The Labute approximate surface area is 126 Å². The topological polar surface area (TPSA) is 49.3 Å². The third kappa shape index (κ3) is 3.39. The lowest BCUT2D eigenvalue weighted by molar-refractivity contribution is 0.0697. The van der Waals surface area contributed by atoms with Crippen LogP contribution in [0.4, 0.5) is 5.69 Å². The molecular weight excluding hydrogens is 318 g/mol. The van der Waals surface area contributed by atoms with Crippen LogP contribution < -0.4 is 5.32 Å². The summed E-state index contributed by atoms with van der Waals surface area (Å²) in [6.07, 6.45) is 0. The van der Waals surface area contributed by atoms with E-state index in [0.29, 0.717) is 12.1 Å². The van der Waals surface area contributed by atoms with Gasteiger partial charge in [-0.15, -0.1) is 0 Å². The van der Waals surface area contributed by atoms with Crippen molar-refractivity contribution in [3.63, 3.8) is 0 Å². The molecule has 2 rings (SSSR count). The molecule has 2 aromatic rings. The first-order valence-corrected chi connectivity index (χ1v) is 7.09. The maximum absolute atomic E-state index is 10.9. The largest absolute Gasteiger partial charge is 0.478 e. The molecular formula is C16H16BrNO2. The van der Waals surface area contributed by atoms with Crippen LogP contribution in [0.2, 0.25) is 0 Å². The zero-order chi connectivity index (χ0) is 14.7. The number of hydrogen-bond acceptors (Lipinski definition) is 2. The van der Waals surface area contributed by atoms with Crippen LogP contribution in [0.5, 0.6) is 0 Å². The second-order valence-electron chi connectivity index (χ2n) is 4.80. The molecule has 3 nitrogen and oxygen atoms in total. The molecule has 0 saturated heterocycles. The van der Waals surface area contributed by atoms with Gasteiger partial charge in [-0.1, -0.05) is 18.2 Å². The van der Waals surface area contributed by atoms with Crippen LogP contribution in [0.1, 0.15) is 27.0 Å². The van der Waals surface area contributed by atoms with Crippen LogP contribution >= 0.6 is 15.9 Å². The number of aromatic carboxylic acids is 1. The quantitative estimate of drug-likeness (QED) is 0.873. The molecule has 0 amide bonds. The zero-order valence-electron chi connectivity index (χ0n) is 11.4. The number of carbonyl (C=O) groups is 1. The molecule has 0 unspecified atom stereocenters. The minimum Gasteiger partial charge on any atom is -0.478 e. The van der Waals surface area contributed by atoms with Crippen molar-refractivity contribution in [2.24, 2.45) is 0 Å². The summed E-state index contributed by atoms with van der Waals surface area (Å²) in [5, 5.41) is 12.3. The van der Waals surface area contributed by atoms with Gasteiger partial charge < -0.3 is 10.4 Å². The van der Waals surface area contributed by atoms with Crippen molar-refractivity contribution in [2.45, 2.75) is 20.4 Å². The van der Waals surface area contributed by atoms with E-state index < -0.39 is 5.97 Å². The summed E-state index contributed by atoms with van der Waals surface area (Å²) >= 11 is 3.55. The number of anilines is 1. The van der Waals surface area contributed by atoms with Crippen LogP contribution in [0.25, 0.3) is 0 Å². The van der Waals surface area contributed by atoms with Gasteiger partial charge in [-0.25, -0.2) is 4.79 Å². The highest BCUT2D eigenvalue weighted by Crippen LogP contribution is 2.28. The maximum atomic E-state index is 10.9. The van der Waals surface area contributed by atoms with Crippen LogP contribution in [-0.2, 0) is 6.54 Å². The first-order chi connectivity index (χ1) is 9.47. The van der Waals surface area contributed by atoms with Gasteiger partial charge in [0, 0.05) is 11.0 Å². The lowest BCUT2D eigenvalue weighted by atomic mass is 10.1. The van der Waals surface area contributed by atoms with E-state index in [0.717, 1.165) is 21.3 Å². The van der Waals surface area contributed by atoms with E-state index in [-0.39, 0.29) is 0 Å². The smallest absolute Gasteiger partial charge is 0.335 e. The molecule has 0 radical (unpaired) electrons. The Balaban J connectivity index is 2.17. The van der Waals surface area contributed by atoms with E-state index in [1.54, 1.807) is 18.2 Å². The molecule has 2 N–H and O–H groups in total. The Bertz CT molecular complexity index is 630. The van der Waals surface area contributed by atoms with Crippen LogP contribution in [-0.4, -0.2) is 11.1 Å². The maximum Gasteiger partial charge on any atom is 0.335 e. The van der Waals surface area contributed by atoms with Crippen LogP contribution in [0.15, 0.2) is 40.9 Å². The number of carboxylic acid groups (broad SMARTS) is 1. The fraction of sp³-hybridized carbons (Fsp3) is 0.188.